The molecule has 2 rings (SSSR count). The lowest BCUT2D eigenvalue weighted by Crippen LogP contribution is -2.11. The maximum atomic E-state index is 13.3. The van der Waals surface area contributed by atoms with Crippen LogP contribution in [0.2, 0.25) is 0 Å². The first-order chi connectivity index (χ1) is 8.92. The van der Waals surface area contributed by atoms with E-state index in [9.17, 15) is 12.8 Å². The molecule has 0 amide bonds. The summed E-state index contributed by atoms with van der Waals surface area (Å²) in [7, 11) is -3.70. The van der Waals surface area contributed by atoms with E-state index < -0.39 is 15.8 Å². The summed E-state index contributed by atoms with van der Waals surface area (Å²) in [5.41, 5.74) is 5.61. The Balaban J connectivity index is 2.28. The number of anilines is 1. The van der Waals surface area contributed by atoms with Crippen LogP contribution in [0.4, 0.5) is 10.1 Å². The molecule has 0 radical (unpaired) electrons. The first-order valence-electron chi connectivity index (χ1n) is 5.19. The lowest BCUT2D eigenvalue weighted by atomic mass is 10.3. The van der Waals surface area contributed by atoms with Gasteiger partial charge in [0.15, 0.2) is 0 Å². The average molecular weight is 365 g/mol. The van der Waals surface area contributed by atoms with Gasteiger partial charge in [-0.1, -0.05) is 0 Å². The molecule has 4 nitrogen and oxygen atoms in total. The van der Waals surface area contributed by atoms with E-state index in [0.717, 1.165) is 22.3 Å². The first-order valence-corrected chi connectivity index (χ1v) is 8.28. The van der Waals surface area contributed by atoms with E-state index >= 15 is 0 Å². The molecule has 0 spiro atoms. The molecule has 0 aliphatic rings. The second-order valence-corrected chi connectivity index (χ2v) is 7.59. The number of hydrogen-bond donors (Lipinski definition) is 2. The monoisotopic (exact) mass is 364 g/mol. The Hall–Kier alpha value is -0.960. The van der Waals surface area contributed by atoms with Crippen LogP contribution in [0.15, 0.2) is 39.0 Å². The van der Waals surface area contributed by atoms with Crippen LogP contribution >= 0.6 is 27.3 Å². The van der Waals surface area contributed by atoms with Gasteiger partial charge in [-0.2, -0.15) is 0 Å². The van der Waals surface area contributed by atoms with Gasteiger partial charge in [-0.05, 0) is 46.3 Å². The fourth-order valence-corrected chi connectivity index (χ4v) is 3.91. The quantitative estimate of drug-likeness (QED) is 0.875. The van der Waals surface area contributed by atoms with Crippen LogP contribution < -0.4 is 10.5 Å². The first kappa shape index (κ1) is 14.4. The van der Waals surface area contributed by atoms with Gasteiger partial charge in [-0.15, -0.1) is 11.3 Å². The normalized spacial score (nSPS) is 11.5. The molecule has 1 aromatic carbocycles. The summed E-state index contributed by atoms with van der Waals surface area (Å²) in [6.07, 6.45) is 0. The number of nitrogens with two attached hydrogens (primary N) is 1. The summed E-state index contributed by atoms with van der Waals surface area (Å²) in [5, 5.41) is 0. The van der Waals surface area contributed by atoms with Gasteiger partial charge in [0.05, 0.1) is 10.2 Å². The largest absolute Gasteiger partial charge is 0.326 e. The highest BCUT2D eigenvalue weighted by Gasteiger charge is 2.17. The topological polar surface area (TPSA) is 72.2 Å². The summed E-state index contributed by atoms with van der Waals surface area (Å²) in [5.74, 6) is -0.533. The Labute approximate surface area is 122 Å². The van der Waals surface area contributed by atoms with Crippen molar-refractivity contribution in [1.82, 2.24) is 0 Å². The van der Waals surface area contributed by atoms with Crippen molar-refractivity contribution in [1.29, 1.82) is 0 Å². The summed E-state index contributed by atoms with van der Waals surface area (Å²) in [6, 6.07) is 7.15. The molecule has 2 aromatic rings. The number of nitrogens with one attached hydrogen (secondary N) is 1. The SMILES string of the molecule is NCc1ccc(S(=O)(=O)Nc2ccc(Br)c(F)c2)s1. The number of rotatable bonds is 4. The molecule has 1 aromatic heterocycles. The molecule has 0 aliphatic heterocycles. The molecule has 0 fully saturated rings. The van der Waals surface area contributed by atoms with Crippen molar-refractivity contribution in [3.05, 3.63) is 45.5 Å². The zero-order valence-electron chi connectivity index (χ0n) is 9.56. The number of benzene rings is 1. The molecule has 19 heavy (non-hydrogen) atoms. The summed E-state index contributed by atoms with van der Waals surface area (Å²) in [4.78, 5) is 0.766. The van der Waals surface area contributed by atoms with Gasteiger partial charge in [0.1, 0.15) is 10.0 Å². The van der Waals surface area contributed by atoms with Gasteiger partial charge in [0.2, 0.25) is 0 Å². The number of sulfonamides is 1. The molecule has 0 aliphatic carbocycles. The number of halogens is 2. The zero-order chi connectivity index (χ0) is 14.0. The molecule has 8 heteroatoms. The highest BCUT2D eigenvalue weighted by molar-refractivity contribution is 9.10. The zero-order valence-corrected chi connectivity index (χ0v) is 12.8. The van der Waals surface area contributed by atoms with Crippen molar-refractivity contribution < 1.29 is 12.8 Å². The van der Waals surface area contributed by atoms with Gasteiger partial charge in [0, 0.05) is 11.4 Å². The van der Waals surface area contributed by atoms with Crippen molar-refractivity contribution >= 4 is 43.0 Å². The average Bonchev–Trinajstić information content (AvgIpc) is 2.83. The van der Waals surface area contributed by atoms with Crippen LogP contribution in [0.25, 0.3) is 0 Å². The standard InChI is InChI=1S/C11H10BrFN2O2S2/c12-9-3-1-7(5-10(9)13)15-19(16,17)11-4-2-8(6-14)18-11/h1-5,15H,6,14H2. The van der Waals surface area contributed by atoms with Crippen LogP contribution in [0, 0.1) is 5.82 Å². The van der Waals surface area contributed by atoms with Crippen molar-refractivity contribution in [2.75, 3.05) is 4.72 Å². The lowest BCUT2D eigenvalue weighted by molar-refractivity contribution is 0.603. The van der Waals surface area contributed by atoms with Crippen LogP contribution in [0.1, 0.15) is 4.88 Å². The van der Waals surface area contributed by atoms with E-state index in [-0.39, 0.29) is 20.9 Å². The molecule has 0 bridgehead atoms. The van der Waals surface area contributed by atoms with Crippen molar-refractivity contribution in [2.45, 2.75) is 10.8 Å². The maximum absolute atomic E-state index is 13.3. The molecule has 0 saturated heterocycles. The molecular formula is C11H10BrFN2O2S2. The van der Waals surface area contributed by atoms with E-state index in [4.69, 9.17) is 5.73 Å². The van der Waals surface area contributed by atoms with Crippen molar-refractivity contribution in [3.8, 4) is 0 Å². The van der Waals surface area contributed by atoms with E-state index in [1.165, 1.54) is 18.2 Å². The Morgan fingerprint density at radius 2 is 2.05 bits per heavy atom. The van der Waals surface area contributed by atoms with Gasteiger partial charge in [-0.25, -0.2) is 12.8 Å². The predicted molar refractivity (Wildman–Crippen MR) is 77.1 cm³/mol. The molecule has 3 N–H and O–H groups in total. The molecule has 0 atom stereocenters. The van der Waals surface area contributed by atoms with Crippen LogP contribution in [0.3, 0.4) is 0 Å². The minimum Gasteiger partial charge on any atom is -0.326 e. The predicted octanol–water partition coefficient (Wildman–Crippen LogP) is 2.91. The van der Waals surface area contributed by atoms with Gasteiger partial charge in [-0.3, -0.25) is 4.72 Å². The minimum atomic E-state index is -3.70. The Morgan fingerprint density at radius 1 is 1.32 bits per heavy atom. The van der Waals surface area contributed by atoms with E-state index in [1.807, 2.05) is 0 Å². The highest BCUT2D eigenvalue weighted by Crippen LogP contribution is 2.25. The molecule has 0 saturated carbocycles. The van der Waals surface area contributed by atoms with Crippen molar-refractivity contribution in [3.63, 3.8) is 0 Å². The fraction of sp³-hybridized carbons (Fsp3) is 0.0909. The molecular weight excluding hydrogens is 355 g/mol. The fourth-order valence-electron chi connectivity index (χ4n) is 1.38. The minimum absolute atomic E-state index is 0.149. The number of hydrogen-bond acceptors (Lipinski definition) is 4. The smallest absolute Gasteiger partial charge is 0.271 e. The molecule has 1 heterocycles. The lowest BCUT2D eigenvalue weighted by Gasteiger charge is -2.06. The second kappa shape index (κ2) is 5.58. The van der Waals surface area contributed by atoms with E-state index in [0.29, 0.717) is 0 Å². The Kier molecular flexibility index (Phi) is 4.24. The van der Waals surface area contributed by atoms with E-state index in [1.54, 1.807) is 6.07 Å². The summed E-state index contributed by atoms with van der Waals surface area (Å²) in [6.45, 7) is 0.285. The van der Waals surface area contributed by atoms with Crippen molar-refractivity contribution in [2.24, 2.45) is 5.73 Å². The third-order valence-electron chi connectivity index (χ3n) is 2.27. The van der Waals surface area contributed by atoms with Gasteiger partial charge in [0.25, 0.3) is 10.0 Å². The van der Waals surface area contributed by atoms with Crippen LogP contribution in [-0.4, -0.2) is 8.42 Å². The van der Waals surface area contributed by atoms with Crippen LogP contribution in [0.5, 0.6) is 0 Å². The van der Waals surface area contributed by atoms with E-state index in [2.05, 4.69) is 20.7 Å². The Morgan fingerprint density at radius 3 is 2.63 bits per heavy atom. The van der Waals surface area contributed by atoms with Crippen LogP contribution in [-0.2, 0) is 16.6 Å². The molecule has 102 valence electrons. The summed E-state index contributed by atoms with van der Waals surface area (Å²) < 4.78 is 40.2. The number of thiophene rings is 1. The third kappa shape index (κ3) is 3.33. The maximum Gasteiger partial charge on any atom is 0.271 e. The summed E-state index contributed by atoms with van der Waals surface area (Å²) >= 11 is 4.09. The second-order valence-electron chi connectivity index (χ2n) is 3.66. The van der Waals surface area contributed by atoms with Gasteiger partial charge < -0.3 is 5.73 Å². The third-order valence-corrected chi connectivity index (χ3v) is 5.90. The highest BCUT2D eigenvalue weighted by atomic mass is 79.9. The molecule has 0 unspecified atom stereocenters. The van der Waals surface area contributed by atoms with Gasteiger partial charge >= 0.3 is 0 Å². The Bertz CT molecular complexity index is 700.